The summed E-state index contributed by atoms with van der Waals surface area (Å²) in [5.41, 5.74) is 1.79. The second-order valence-electron chi connectivity index (χ2n) is 8.43. The van der Waals surface area contributed by atoms with E-state index in [4.69, 9.17) is 4.74 Å². The van der Waals surface area contributed by atoms with Gasteiger partial charge in [0.25, 0.3) is 0 Å². The molecule has 0 aliphatic carbocycles. The standard InChI is InChI=1S/C24H30N4O5S/c1-33-22-9-7-20(8-10-22)26-12-14-27(15-13-26)34(31,32)16-11-25-24(30)19-17-23(29)28(18-19)21-5-3-2-4-6-21/h2-10,19H,11-18H2,1H3,(H,25,30)/t19-/m0/s1. The lowest BCUT2D eigenvalue weighted by Crippen LogP contribution is -2.50. The molecule has 2 aliphatic rings. The number of nitrogens with one attached hydrogen (secondary N) is 1. The number of amides is 2. The minimum absolute atomic E-state index is 0.0237. The van der Waals surface area contributed by atoms with Crippen molar-refractivity contribution in [2.45, 2.75) is 6.42 Å². The first-order chi connectivity index (χ1) is 16.4. The van der Waals surface area contributed by atoms with Gasteiger partial charge in [0, 0.05) is 57.1 Å². The number of rotatable bonds is 8. The van der Waals surface area contributed by atoms with E-state index >= 15 is 0 Å². The van der Waals surface area contributed by atoms with Crippen LogP contribution in [0.3, 0.4) is 0 Å². The van der Waals surface area contributed by atoms with Gasteiger partial charge in [-0.05, 0) is 36.4 Å². The van der Waals surface area contributed by atoms with E-state index in [0.29, 0.717) is 32.7 Å². The topological polar surface area (TPSA) is 99.3 Å². The van der Waals surface area contributed by atoms with Crippen LogP contribution in [0.4, 0.5) is 11.4 Å². The lowest BCUT2D eigenvalue weighted by atomic mass is 10.1. The highest BCUT2D eigenvalue weighted by Crippen LogP contribution is 2.25. The van der Waals surface area contributed by atoms with Gasteiger partial charge in [0.05, 0.1) is 18.8 Å². The Morgan fingerprint density at radius 2 is 1.68 bits per heavy atom. The third kappa shape index (κ3) is 5.51. The first-order valence-corrected chi connectivity index (χ1v) is 13.0. The zero-order valence-corrected chi connectivity index (χ0v) is 20.0. The van der Waals surface area contributed by atoms with Gasteiger partial charge in [-0.2, -0.15) is 4.31 Å². The second kappa shape index (κ2) is 10.4. The molecule has 4 rings (SSSR count). The van der Waals surface area contributed by atoms with Crippen LogP contribution in [0, 0.1) is 5.92 Å². The van der Waals surface area contributed by atoms with Gasteiger partial charge in [-0.15, -0.1) is 0 Å². The number of piperazine rings is 1. The van der Waals surface area contributed by atoms with Gasteiger partial charge in [-0.25, -0.2) is 8.42 Å². The Morgan fingerprint density at radius 3 is 2.32 bits per heavy atom. The molecule has 1 N–H and O–H groups in total. The smallest absolute Gasteiger partial charge is 0.227 e. The molecule has 0 spiro atoms. The largest absolute Gasteiger partial charge is 0.497 e. The van der Waals surface area contributed by atoms with E-state index in [1.807, 2.05) is 54.6 Å². The lowest BCUT2D eigenvalue weighted by Gasteiger charge is -2.35. The van der Waals surface area contributed by atoms with Gasteiger partial charge in [0.15, 0.2) is 0 Å². The fraction of sp³-hybridized carbons (Fsp3) is 0.417. The zero-order valence-electron chi connectivity index (χ0n) is 19.2. The quantitative estimate of drug-likeness (QED) is 0.604. The van der Waals surface area contributed by atoms with Crippen LogP contribution in [-0.2, 0) is 19.6 Å². The van der Waals surface area contributed by atoms with E-state index in [-0.39, 0.29) is 30.5 Å². The highest BCUT2D eigenvalue weighted by molar-refractivity contribution is 7.89. The molecule has 9 nitrogen and oxygen atoms in total. The maximum Gasteiger partial charge on any atom is 0.227 e. The summed E-state index contributed by atoms with van der Waals surface area (Å²) < 4.78 is 32.2. The summed E-state index contributed by atoms with van der Waals surface area (Å²) >= 11 is 0. The van der Waals surface area contributed by atoms with Crippen LogP contribution in [0.15, 0.2) is 54.6 Å². The van der Waals surface area contributed by atoms with Crippen LogP contribution >= 0.6 is 0 Å². The number of hydrogen-bond donors (Lipinski definition) is 1. The summed E-state index contributed by atoms with van der Waals surface area (Å²) in [6.07, 6.45) is 0.126. The molecule has 2 heterocycles. The average Bonchev–Trinajstić information content (AvgIpc) is 3.26. The molecule has 1 atom stereocenters. The number of ether oxygens (including phenoxy) is 1. The summed E-state index contributed by atoms with van der Waals surface area (Å²) in [5.74, 6) is -0.255. The Labute approximate surface area is 200 Å². The molecule has 34 heavy (non-hydrogen) atoms. The third-order valence-electron chi connectivity index (χ3n) is 6.29. The third-order valence-corrected chi connectivity index (χ3v) is 8.16. The summed E-state index contributed by atoms with van der Waals surface area (Å²) in [6, 6.07) is 16.9. The van der Waals surface area contributed by atoms with Crippen LogP contribution in [0.2, 0.25) is 0 Å². The van der Waals surface area contributed by atoms with E-state index in [1.54, 1.807) is 12.0 Å². The van der Waals surface area contributed by atoms with E-state index < -0.39 is 15.9 Å². The molecule has 10 heteroatoms. The second-order valence-corrected chi connectivity index (χ2v) is 10.5. The van der Waals surface area contributed by atoms with Gasteiger partial charge in [0.1, 0.15) is 5.75 Å². The fourth-order valence-corrected chi connectivity index (χ4v) is 5.67. The highest BCUT2D eigenvalue weighted by Gasteiger charge is 2.35. The molecule has 2 amide bonds. The molecule has 2 fully saturated rings. The summed E-state index contributed by atoms with van der Waals surface area (Å²) in [7, 11) is -1.87. The Bertz CT molecular complexity index is 1100. The highest BCUT2D eigenvalue weighted by atomic mass is 32.2. The molecule has 2 saturated heterocycles. The van der Waals surface area contributed by atoms with Crippen molar-refractivity contribution in [2.24, 2.45) is 5.92 Å². The molecule has 0 aromatic heterocycles. The van der Waals surface area contributed by atoms with E-state index in [9.17, 15) is 18.0 Å². The molecular weight excluding hydrogens is 456 g/mol. The Kier molecular flexibility index (Phi) is 7.38. The van der Waals surface area contributed by atoms with Crippen molar-refractivity contribution >= 4 is 33.2 Å². The number of benzene rings is 2. The molecule has 2 aromatic carbocycles. The van der Waals surface area contributed by atoms with Crippen molar-refractivity contribution in [1.82, 2.24) is 9.62 Å². The Hall–Kier alpha value is -3.11. The summed E-state index contributed by atoms with van der Waals surface area (Å²) in [4.78, 5) is 28.6. The first-order valence-electron chi connectivity index (χ1n) is 11.4. The molecular formula is C24H30N4O5S. The van der Waals surface area contributed by atoms with Crippen LogP contribution in [-0.4, -0.2) is 76.7 Å². The van der Waals surface area contributed by atoms with Crippen molar-refractivity contribution in [3.05, 3.63) is 54.6 Å². The molecule has 0 bridgehead atoms. The molecule has 182 valence electrons. The predicted octanol–water partition coefficient (Wildman–Crippen LogP) is 1.32. The van der Waals surface area contributed by atoms with Crippen LogP contribution in [0.25, 0.3) is 0 Å². The van der Waals surface area contributed by atoms with Crippen molar-refractivity contribution in [1.29, 1.82) is 0 Å². The number of carbonyl (C=O) groups is 2. The van der Waals surface area contributed by atoms with Gasteiger partial charge in [-0.3, -0.25) is 9.59 Å². The van der Waals surface area contributed by atoms with Crippen molar-refractivity contribution in [3.8, 4) is 5.75 Å². The van der Waals surface area contributed by atoms with E-state index in [1.165, 1.54) is 4.31 Å². The van der Waals surface area contributed by atoms with E-state index in [0.717, 1.165) is 17.1 Å². The summed E-state index contributed by atoms with van der Waals surface area (Å²) in [5, 5.41) is 2.71. The average molecular weight is 487 g/mol. The number of sulfonamides is 1. The summed E-state index contributed by atoms with van der Waals surface area (Å²) in [6.45, 7) is 2.30. The number of anilines is 2. The molecule has 0 saturated carbocycles. The first kappa shape index (κ1) is 24.0. The minimum atomic E-state index is -3.49. The normalized spacial score (nSPS) is 19.3. The molecule has 2 aromatic rings. The van der Waals surface area contributed by atoms with Gasteiger partial charge in [0.2, 0.25) is 21.8 Å². The van der Waals surface area contributed by atoms with Crippen molar-refractivity contribution in [3.63, 3.8) is 0 Å². The van der Waals surface area contributed by atoms with Crippen LogP contribution < -0.4 is 19.9 Å². The predicted molar refractivity (Wildman–Crippen MR) is 130 cm³/mol. The SMILES string of the molecule is COc1ccc(N2CCN(S(=O)(=O)CCNC(=O)[C@H]3CC(=O)N(c4ccccc4)C3)CC2)cc1. The minimum Gasteiger partial charge on any atom is -0.497 e. The van der Waals surface area contributed by atoms with Crippen LogP contribution in [0.1, 0.15) is 6.42 Å². The Morgan fingerprint density at radius 1 is 1.00 bits per heavy atom. The number of hydrogen-bond acceptors (Lipinski definition) is 6. The van der Waals surface area contributed by atoms with Crippen molar-refractivity contribution < 1.29 is 22.7 Å². The molecule has 2 aliphatic heterocycles. The number of methoxy groups -OCH3 is 1. The lowest BCUT2D eigenvalue weighted by molar-refractivity contribution is -0.126. The monoisotopic (exact) mass is 486 g/mol. The van der Waals surface area contributed by atoms with Crippen LogP contribution in [0.5, 0.6) is 5.75 Å². The number of para-hydroxylation sites is 1. The maximum absolute atomic E-state index is 12.8. The van der Waals surface area contributed by atoms with E-state index in [2.05, 4.69) is 10.2 Å². The number of carbonyl (C=O) groups excluding carboxylic acids is 2. The number of nitrogens with zero attached hydrogens (tertiary/aromatic N) is 3. The van der Waals surface area contributed by atoms with Gasteiger partial charge in [-0.1, -0.05) is 18.2 Å². The molecule has 0 unspecified atom stereocenters. The maximum atomic E-state index is 12.8. The fourth-order valence-electron chi connectivity index (χ4n) is 4.33. The van der Waals surface area contributed by atoms with Gasteiger partial charge < -0.3 is 19.9 Å². The Balaban J connectivity index is 1.23. The van der Waals surface area contributed by atoms with Crippen molar-refractivity contribution in [2.75, 3.05) is 61.9 Å². The zero-order chi connectivity index (χ0) is 24.1. The molecule has 0 radical (unpaired) electrons. The van der Waals surface area contributed by atoms with Gasteiger partial charge >= 0.3 is 0 Å².